The van der Waals surface area contributed by atoms with E-state index in [2.05, 4.69) is 10.2 Å². The zero-order valence-electron chi connectivity index (χ0n) is 13.3. The number of hydrogen-bond donors (Lipinski definition) is 0. The maximum atomic E-state index is 12.5. The van der Waals surface area contributed by atoms with E-state index in [4.69, 9.17) is 9.15 Å². The van der Waals surface area contributed by atoms with Crippen LogP contribution in [0, 0.1) is 0 Å². The van der Waals surface area contributed by atoms with Gasteiger partial charge in [-0.2, -0.15) is 0 Å². The number of carbonyl (C=O) groups is 1. The first-order valence-electron chi connectivity index (χ1n) is 8.06. The van der Waals surface area contributed by atoms with E-state index in [9.17, 15) is 4.79 Å². The maximum Gasteiger partial charge on any atom is 0.263 e. The van der Waals surface area contributed by atoms with Crippen LogP contribution in [-0.2, 0) is 4.79 Å². The van der Waals surface area contributed by atoms with E-state index in [-0.39, 0.29) is 5.91 Å². The van der Waals surface area contributed by atoms with E-state index in [0.717, 1.165) is 31.5 Å². The molecule has 6 heteroatoms. The Morgan fingerprint density at radius 3 is 2.48 bits per heavy atom. The van der Waals surface area contributed by atoms with E-state index in [1.807, 2.05) is 29.2 Å². The Morgan fingerprint density at radius 1 is 1.17 bits per heavy atom. The third-order valence-corrected chi connectivity index (χ3v) is 4.04. The number of benzene rings is 1. The summed E-state index contributed by atoms with van der Waals surface area (Å²) < 4.78 is 10.9. The Bertz CT molecular complexity index is 617. The molecule has 1 unspecified atom stereocenters. The number of amides is 1. The van der Waals surface area contributed by atoms with Crippen LogP contribution >= 0.6 is 0 Å². The lowest BCUT2D eigenvalue weighted by Gasteiger charge is -2.24. The van der Waals surface area contributed by atoms with Crippen LogP contribution in [0.1, 0.15) is 32.6 Å². The van der Waals surface area contributed by atoms with Gasteiger partial charge in [0.15, 0.2) is 6.10 Å². The zero-order valence-corrected chi connectivity index (χ0v) is 13.3. The average Bonchev–Trinajstić information content (AvgIpc) is 2.97. The van der Waals surface area contributed by atoms with Gasteiger partial charge in [-0.15, -0.1) is 10.2 Å². The van der Waals surface area contributed by atoms with E-state index in [1.54, 1.807) is 6.92 Å². The molecule has 3 rings (SSSR count). The summed E-state index contributed by atoms with van der Waals surface area (Å²) in [5.41, 5.74) is 0.821. The van der Waals surface area contributed by atoms with Crippen LogP contribution in [0.4, 0.5) is 0 Å². The second-order valence-electron chi connectivity index (χ2n) is 5.77. The molecule has 6 nitrogen and oxygen atoms in total. The van der Waals surface area contributed by atoms with Crippen LogP contribution in [0.15, 0.2) is 35.1 Å². The van der Waals surface area contributed by atoms with Crippen LogP contribution in [0.3, 0.4) is 0 Å². The summed E-state index contributed by atoms with van der Waals surface area (Å²) >= 11 is 0. The number of aromatic nitrogens is 2. The summed E-state index contributed by atoms with van der Waals surface area (Å²) in [5.74, 6) is 1.18. The van der Waals surface area contributed by atoms with E-state index in [1.165, 1.54) is 19.2 Å². The van der Waals surface area contributed by atoms with Crippen molar-refractivity contribution in [2.45, 2.75) is 38.7 Å². The highest BCUT2D eigenvalue weighted by molar-refractivity contribution is 5.81. The third kappa shape index (κ3) is 3.88. The van der Waals surface area contributed by atoms with Crippen molar-refractivity contribution in [2.75, 3.05) is 13.1 Å². The molecular formula is C17H21N3O3. The Labute approximate surface area is 135 Å². The normalized spacial score (nSPS) is 16.7. The van der Waals surface area contributed by atoms with Gasteiger partial charge in [0.1, 0.15) is 5.75 Å². The topological polar surface area (TPSA) is 68.5 Å². The summed E-state index contributed by atoms with van der Waals surface area (Å²) in [6.07, 6.45) is 5.38. The van der Waals surface area contributed by atoms with Crippen LogP contribution in [0.2, 0.25) is 0 Å². The molecule has 0 aliphatic carbocycles. The molecule has 122 valence electrons. The van der Waals surface area contributed by atoms with Gasteiger partial charge >= 0.3 is 0 Å². The zero-order chi connectivity index (χ0) is 16.1. The molecule has 0 bridgehead atoms. The maximum absolute atomic E-state index is 12.5. The van der Waals surface area contributed by atoms with Gasteiger partial charge in [0.25, 0.3) is 5.91 Å². The number of carbonyl (C=O) groups excluding carboxylic acids is 1. The molecule has 1 aromatic carbocycles. The lowest BCUT2D eigenvalue weighted by Crippen LogP contribution is -2.40. The standard InChI is InChI=1S/C17H21N3O3/c1-13(17(21)20-10-4-2-3-5-11-20)23-15-8-6-14(7-9-15)16-19-18-12-22-16/h6-9,12-13H,2-5,10-11H2,1H3. The summed E-state index contributed by atoms with van der Waals surface area (Å²) in [6, 6.07) is 7.30. The Hall–Kier alpha value is -2.37. The third-order valence-electron chi connectivity index (χ3n) is 4.04. The molecule has 0 radical (unpaired) electrons. The first kappa shape index (κ1) is 15.5. The lowest BCUT2D eigenvalue weighted by atomic mass is 10.2. The van der Waals surface area contributed by atoms with Gasteiger partial charge in [-0.1, -0.05) is 12.8 Å². The van der Waals surface area contributed by atoms with Crippen molar-refractivity contribution in [2.24, 2.45) is 0 Å². The molecule has 1 saturated heterocycles. The van der Waals surface area contributed by atoms with E-state index >= 15 is 0 Å². The van der Waals surface area contributed by atoms with Crippen LogP contribution in [0.25, 0.3) is 11.5 Å². The summed E-state index contributed by atoms with van der Waals surface area (Å²) in [4.78, 5) is 14.4. The smallest absolute Gasteiger partial charge is 0.263 e. The second-order valence-corrected chi connectivity index (χ2v) is 5.77. The fraction of sp³-hybridized carbons (Fsp3) is 0.471. The predicted molar refractivity (Wildman–Crippen MR) is 84.9 cm³/mol. The van der Waals surface area contributed by atoms with Gasteiger partial charge in [0, 0.05) is 18.7 Å². The average molecular weight is 315 g/mol. The van der Waals surface area contributed by atoms with Gasteiger partial charge in [-0.3, -0.25) is 4.79 Å². The van der Waals surface area contributed by atoms with Crippen molar-refractivity contribution in [3.05, 3.63) is 30.7 Å². The van der Waals surface area contributed by atoms with Crippen molar-refractivity contribution in [1.82, 2.24) is 15.1 Å². The van der Waals surface area contributed by atoms with E-state index in [0.29, 0.717) is 11.6 Å². The highest BCUT2D eigenvalue weighted by atomic mass is 16.5. The molecule has 2 aromatic rings. The van der Waals surface area contributed by atoms with Crippen molar-refractivity contribution in [3.63, 3.8) is 0 Å². The van der Waals surface area contributed by atoms with Crippen LogP contribution in [0.5, 0.6) is 5.75 Å². The van der Waals surface area contributed by atoms with E-state index < -0.39 is 6.10 Å². The van der Waals surface area contributed by atoms with Crippen molar-refractivity contribution >= 4 is 5.91 Å². The predicted octanol–water partition coefficient (Wildman–Crippen LogP) is 2.91. The quantitative estimate of drug-likeness (QED) is 0.867. The number of rotatable bonds is 4. The molecule has 1 aromatic heterocycles. The number of likely N-dealkylation sites (tertiary alicyclic amines) is 1. The van der Waals surface area contributed by atoms with Gasteiger partial charge in [0.2, 0.25) is 12.3 Å². The summed E-state index contributed by atoms with van der Waals surface area (Å²) in [5, 5.41) is 7.51. The number of ether oxygens (including phenoxy) is 1. The molecule has 0 N–H and O–H groups in total. The first-order valence-corrected chi connectivity index (χ1v) is 8.06. The van der Waals surface area contributed by atoms with Gasteiger partial charge < -0.3 is 14.1 Å². The Kier molecular flexibility index (Phi) is 4.90. The molecule has 1 aliphatic heterocycles. The minimum Gasteiger partial charge on any atom is -0.481 e. The summed E-state index contributed by atoms with van der Waals surface area (Å²) in [6.45, 7) is 3.48. The second kappa shape index (κ2) is 7.26. The first-order chi connectivity index (χ1) is 11.2. The molecule has 1 aliphatic rings. The van der Waals surface area contributed by atoms with Gasteiger partial charge in [-0.25, -0.2) is 0 Å². The molecule has 0 spiro atoms. The molecule has 1 fully saturated rings. The largest absolute Gasteiger partial charge is 0.481 e. The van der Waals surface area contributed by atoms with Crippen LogP contribution < -0.4 is 4.74 Å². The Balaban J connectivity index is 1.60. The molecule has 23 heavy (non-hydrogen) atoms. The van der Waals surface area contributed by atoms with Crippen molar-refractivity contribution < 1.29 is 13.9 Å². The van der Waals surface area contributed by atoms with Crippen molar-refractivity contribution in [3.8, 4) is 17.2 Å². The molecule has 2 heterocycles. The number of nitrogens with zero attached hydrogens (tertiary/aromatic N) is 3. The van der Waals surface area contributed by atoms with Gasteiger partial charge in [0.05, 0.1) is 0 Å². The van der Waals surface area contributed by atoms with Crippen LogP contribution in [-0.4, -0.2) is 40.2 Å². The minimum absolute atomic E-state index is 0.0628. The highest BCUT2D eigenvalue weighted by Crippen LogP contribution is 2.21. The molecule has 1 amide bonds. The Morgan fingerprint density at radius 2 is 1.87 bits per heavy atom. The lowest BCUT2D eigenvalue weighted by molar-refractivity contribution is -0.137. The highest BCUT2D eigenvalue weighted by Gasteiger charge is 2.22. The monoisotopic (exact) mass is 315 g/mol. The molecule has 1 atom stereocenters. The molecule has 0 saturated carbocycles. The fourth-order valence-electron chi connectivity index (χ4n) is 2.78. The SMILES string of the molecule is CC(Oc1ccc(-c2nnco2)cc1)C(=O)N1CCCCCC1. The van der Waals surface area contributed by atoms with Gasteiger partial charge in [-0.05, 0) is 44.0 Å². The molecular weight excluding hydrogens is 294 g/mol. The fourth-order valence-corrected chi connectivity index (χ4v) is 2.78. The van der Waals surface area contributed by atoms with Crippen molar-refractivity contribution in [1.29, 1.82) is 0 Å². The summed E-state index contributed by atoms with van der Waals surface area (Å²) in [7, 11) is 0. The number of hydrogen-bond acceptors (Lipinski definition) is 5. The minimum atomic E-state index is -0.484.